The van der Waals surface area contributed by atoms with Crippen LogP contribution in [0.5, 0.6) is 0 Å². The molecule has 0 heterocycles. The van der Waals surface area contributed by atoms with Gasteiger partial charge in [-0.3, -0.25) is 18.6 Å². The van der Waals surface area contributed by atoms with Crippen LogP contribution >= 0.6 is 7.82 Å². The molecule has 388 valence electrons. The summed E-state index contributed by atoms with van der Waals surface area (Å²) in [7, 11) is -5.23. The predicted molar refractivity (Wildman–Crippen MR) is 262 cm³/mol. The molecule has 1 aliphatic carbocycles. The second kappa shape index (κ2) is 39.4. The average Bonchev–Trinajstić information content (AvgIpc) is 3.31. The summed E-state index contributed by atoms with van der Waals surface area (Å²) in [6.07, 6.45) is 27.9. The van der Waals surface area contributed by atoms with Gasteiger partial charge in [-0.25, -0.2) is 4.57 Å². The lowest BCUT2D eigenvalue weighted by atomic mass is 9.85. The van der Waals surface area contributed by atoms with E-state index in [0.717, 1.165) is 83.5 Å². The molecule has 17 heteroatoms. The lowest BCUT2D eigenvalue weighted by Crippen LogP contribution is -2.64. The van der Waals surface area contributed by atoms with Crippen molar-refractivity contribution in [1.29, 1.82) is 0 Å². The molecule has 68 heavy (non-hydrogen) atoms. The van der Waals surface area contributed by atoms with Gasteiger partial charge in [-0.15, -0.1) is 0 Å². The molecule has 0 aliphatic heterocycles. The molecule has 0 aromatic heterocycles. The standard InChI is InChI=1S/C51H83O16P/c1-3-5-7-8-9-10-11-12-13-14-15-16-17-18-19-20-21-26-30-36-44(55)64-38-41(39-65-68(62,63)67-51-49(60)47(58)46(57)48(59)50(51)61)66-45(56)37-31-35-43(54)42(53)34-29-25-23-22-24-28-33-40(52)32-27-6-4-2/h5,7,9-10,12-13,15-16,22-25,28-29,33-34,40-43,46-54,57-61H,3-4,6,8,11,14,17-21,26-27,30-32,35-39H2,1-2H3,(H,62,63)/b7-5-,10-9-,13-12-,16-15-,24-22-,25-23+,33-28+,34-29+/t40-,41+,42-,43-,46?,47-,48+,49+,50+,51?/m0/s1. The van der Waals surface area contributed by atoms with Crippen molar-refractivity contribution in [2.24, 2.45) is 0 Å². The van der Waals surface area contributed by atoms with Crippen molar-refractivity contribution in [2.75, 3.05) is 13.2 Å². The zero-order valence-electron chi connectivity index (χ0n) is 40.2. The fourth-order valence-electron chi connectivity index (χ4n) is 6.72. The number of carbonyl (C=O) groups is 2. The van der Waals surface area contributed by atoms with Gasteiger partial charge in [0, 0.05) is 12.8 Å². The quantitative estimate of drug-likeness (QED) is 0.0102. The second-order valence-corrected chi connectivity index (χ2v) is 18.2. The van der Waals surface area contributed by atoms with Gasteiger partial charge in [-0.2, -0.15) is 0 Å². The van der Waals surface area contributed by atoms with Crippen molar-refractivity contribution < 1.29 is 78.4 Å². The molecule has 11 atom stereocenters. The van der Waals surface area contributed by atoms with Crippen molar-refractivity contribution in [1.82, 2.24) is 0 Å². The summed E-state index contributed by atoms with van der Waals surface area (Å²) in [5.74, 6) is -1.46. The Labute approximate surface area is 404 Å². The number of aliphatic hydroxyl groups is 8. The van der Waals surface area contributed by atoms with Crippen LogP contribution in [0.1, 0.15) is 136 Å². The van der Waals surface area contributed by atoms with E-state index in [-0.39, 0.29) is 25.7 Å². The minimum atomic E-state index is -5.23. The third-order valence-corrected chi connectivity index (χ3v) is 11.8. The normalized spacial score (nSPS) is 23.3. The van der Waals surface area contributed by atoms with E-state index >= 15 is 0 Å². The Morgan fingerprint density at radius 2 is 1.10 bits per heavy atom. The fourth-order valence-corrected chi connectivity index (χ4v) is 7.69. The van der Waals surface area contributed by atoms with Gasteiger partial charge in [0.1, 0.15) is 43.2 Å². The van der Waals surface area contributed by atoms with Crippen LogP contribution < -0.4 is 0 Å². The first-order valence-electron chi connectivity index (χ1n) is 24.4. The molecule has 0 aromatic carbocycles. The molecule has 0 spiro atoms. The van der Waals surface area contributed by atoms with Gasteiger partial charge in [0.15, 0.2) is 6.10 Å². The monoisotopic (exact) mass is 983 g/mol. The first kappa shape index (κ1) is 62.7. The van der Waals surface area contributed by atoms with Crippen molar-refractivity contribution in [3.8, 4) is 0 Å². The number of ether oxygens (including phenoxy) is 2. The summed E-state index contributed by atoms with van der Waals surface area (Å²) in [5.41, 5.74) is 0. The zero-order chi connectivity index (χ0) is 50.4. The topological polar surface area (TPSA) is 270 Å². The molecule has 0 saturated heterocycles. The highest BCUT2D eigenvalue weighted by Crippen LogP contribution is 2.47. The fraction of sp³-hybridized carbons (Fsp3) is 0.647. The van der Waals surface area contributed by atoms with Crippen molar-refractivity contribution in [2.45, 2.75) is 197 Å². The molecular formula is C51H83O16P. The zero-order valence-corrected chi connectivity index (χ0v) is 41.1. The highest BCUT2D eigenvalue weighted by atomic mass is 31.2. The van der Waals surface area contributed by atoms with Crippen LogP contribution in [0.2, 0.25) is 0 Å². The van der Waals surface area contributed by atoms with E-state index in [4.69, 9.17) is 18.5 Å². The van der Waals surface area contributed by atoms with Gasteiger partial charge in [0.05, 0.1) is 24.9 Å². The lowest BCUT2D eigenvalue weighted by molar-refractivity contribution is -0.220. The third kappa shape index (κ3) is 31.0. The van der Waals surface area contributed by atoms with Crippen LogP contribution in [0, 0.1) is 0 Å². The summed E-state index contributed by atoms with van der Waals surface area (Å²) in [6, 6.07) is 0. The van der Waals surface area contributed by atoms with E-state index in [1.807, 2.05) is 0 Å². The number of aliphatic hydroxyl groups excluding tert-OH is 8. The number of unbranched alkanes of at least 4 members (excludes halogenated alkanes) is 8. The second-order valence-electron chi connectivity index (χ2n) is 16.8. The van der Waals surface area contributed by atoms with Gasteiger partial charge in [0.25, 0.3) is 0 Å². The number of phosphoric acid groups is 1. The number of esters is 2. The van der Waals surface area contributed by atoms with E-state index in [1.54, 1.807) is 42.5 Å². The summed E-state index contributed by atoms with van der Waals surface area (Å²) in [5, 5.41) is 80.9. The first-order chi connectivity index (χ1) is 32.6. The Balaban J connectivity index is 2.60. The maximum absolute atomic E-state index is 12.8. The van der Waals surface area contributed by atoms with Crippen LogP contribution in [0.15, 0.2) is 97.2 Å². The molecule has 0 radical (unpaired) electrons. The Bertz CT molecular complexity index is 1610. The molecule has 1 saturated carbocycles. The van der Waals surface area contributed by atoms with Gasteiger partial charge in [-0.1, -0.05) is 156 Å². The molecule has 0 bridgehead atoms. The minimum absolute atomic E-state index is 0.00480. The number of rotatable bonds is 38. The maximum Gasteiger partial charge on any atom is 0.472 e. The maximum atomic E-state index is 12.8. The number of hydrogen-bond acceptors (Lipinski definition) is 15. The Morgan fingerprint density at radius 1 is 0.574 bits per heavy atom. The number of carbonyl (C=O) groups excluding carboxylic acids is 2. The molecule has 3 unspecified atom stereocenters. The third-order valence-electron chi connectivity index (χ3n) is 10.8. The first-order valence-corrected chi connectivity index (χ1v) is 25.9. The minimum Gasteiger partial charge on any atom is -0.462 e. The largest absolute Gasteiger partial charge is 0.472 e. The van der Waals surface area contributed by atoms with Crippen molar-refractivity contribution in [3.05, 3.63) is 97.2 Å². The van der Waals surface area contributed by atoms with Gasteiger partial charge in [-0.05, 0) is 64.2 Å². The number of hydrogen-bond donors (Lipinski definition) is 9. The Morgan fingerprint density at radius 3 is 1.72 bits per heavy atom. The van der Waals surface area contributed by atoms with Crippen molar-refractivity contribution in [3.63, 3.8) is 0 Å². The highest BCUT2D eigenvalue weighted by molar-refractivity contribution is 7.47. The molecule has 1 fully saturated rings. The van der Waals surface area contributed by atoms with E-state index in [2.05, 4.69) is 62.5 Å². The van der Waals surface area contributed by atoms with Crippen LogP contribution in [0.4, 0.5) is 0 Å². The molecule has 1 rings (SSSR count). The van der Waals surface area contributed by atoms with E-state index in [1.165, 1.54) is 6.08 Å². The lowest BCUT2D eigenvalue weighted by Gasteiger charge is -2.41. The number of phosphoric ester groups is 1. The summed E-state index contributed by atoms with van der Waals surface area (Å²) in [6.45, 7) is 2.78. The van der Waals surface area contributed by atoms with Crippen LogP contribution in [0.3, 0.4) is 0 Å². The Hall–Kier alpha value is -3.35. The van der Waals surface area contributed by atoms with Crippen molar-refractivity contribution >= 4 is 19.8 Å². The summed E-state index contributed by atoms with van der Waals surface area (Å²) >= 11 is 0. The molecule has 16 nitrogen and oxygen atoms in total. The SMILES string of the molecule is CC/C=C\C/C=C\C/C=C\C/C=C\CCCCCCCCC(=O)OC[C@H](COP(=O)(O)OC1[C@H](O)[C@H](O)C(O)[C@H](O)[C@H]1O)OC(=O)CCC[C@H](O)[C@@H](O)/C=C/C=C/C=C\C=C\[C@@H](O)CCCCC. The van der Waals surface area contributed by atoms with E-state index < -0.39 is 94.0 Å². The molecule has 0 amide bonds. The highest BCUT2D eigenvalue weighted by Gasteiger charge is 2.51. The Kier molecular flexibility index (Phi) is 36.3. The predicted octanol–water partition coefficient (Wildman–Crippen LogP) is 6.75. The van der Waals surface area contributed by atoms with Gasteiger partial charge >= 0.3 is 19.8 Å². The van der Waals surface area contributed by atoms with E-state index in [0.29, 0.717) is 12.8 Å². The molecule has 0 aromatic rings. The molecule has 9 N–H and O–H groups in total. The van der Waals surface area contributed by atoms with Crippen LogP contribution in [0.25, 0.3) is 0 Å². The van der Waals surface area contributed by atoms with E-state index in [9.17, 15) is 59.9 Å². The van der Waals surface area contributed by atoms with Gasteiger partial charge < -0.3 is 55.2 Å². The summed E-state index contributed by atoms with van der Waals surface area (Å²) < 4.78 is 33.3. The van der Waals surface area contributed by atoms with Crippen LogP contribution in [-0.2, 0) is 32.7 Å². The van der Waals surface area contributed by atoms with Crippen LogP contribution in [-0.4, -0.2) is 132 Å². The number of allylic oxidation sites excluding steroid dienone is 14. The molecular weight excluding hydrogens is 900 g/mol. The molecule has 1 aliphatic rings. The smallest absolute Gasteiger partial charge is 0.462 e. The van der Waals surface area contributed by atoms with Gasteiger partial charge in [0.2, 0.25) is 0 Å². The average molecular weight is 983 g/mol. The summed E-state index contributed by atoms with van der Waals surface area (Å²) in [4.78, 5) is 35.8.